The van der Waals surface area contributed by atoms with Crippen LogP contribution < -0.4 is 5.32 Å². The van der Waals surface area contributed by atoms with Gasteiger partial charge in [-0.15, -0.1) is 0 Å². The number of aryl methyl sites for hydroxylation is 1. The number of amides is 1. The largest absolute Gasteiger partial charge is 0.463 e. The van der Waals surface area contributed by atoms with Crippen LogP contribution in [0.25, 0.3) is 11.1 Å². The van der Waals surface area contributed by atoms with E-state index in [4.69, 9.17) is 4.42 Å². The highest BCUT2D eigenvalue weighted by atomic mass is 32.2. The predicted octanol–water partition coefficient (Wildman–Crippen LogP) is 5.71. The monoisotopic (exact) mass is 390 g/mol. The molecule has 4 rings (SSSR count). The minimum Gasteiger partial charge on any atom is -0.463 e. The fourth-order valence-corrected chi connectivity index (χ4v) is 3.91. The van der Waals surface area contributed by atoms with Crippen molar-refractivity contribution in [2.24, 2.45) is 0 Å². The average molecular weight is 391 g/mol. The summed E-state index contributed by atoms with van der Waals surface area (Å²) in [5.74, 6) is 0.779. The number of rotatable bonds is 6. The van der Waals surface area contributed by atoms with Gasteiger partial charge >= 0.3 is 0 Å². The topological polar surface area (TPSA) is 47.2 Å². The molecule has 0 unspecified atom stereocenters. The maximum absolute atomic E-state index is 13.1. The highest BCUT2D eigenvalue weighted by molar-refractivity contribution is 7.97. The first kappa shape index (κ1) is 18.4. The number of hydrogen-bond donors (Lipinski definition) is 1. The Balaban J connectivity index is 1.66. The van der Waals surface area contributed by atoms with Gasteiger partial charge in [0, 0.05) is 30.1 Å². The van der Waals surface area contributed by atoms with Crippen molar-refractivity contribution in [3.63, 3.8) is 0 Å². The number of thioether (sulfide) groups is 1. The lowest BCUT2D eigenvalue weighted by Crippen LogP contribution is -2.17. The number of hydrogen-bond acceptors (Lipinski definition) is 3. The van der Waals surface area contributed by atoms with Crippen LogP contribution in [0, 0.1) is 6.92 Å². The second kappa shape index (κ2) is 7.98. The molecule has 2 aromatic heterocycles. The minimum atomic E-state index is -0.138. The molecule has 28 heavy (non-hydrogen) atoms. The zero-order valence-electron chi connectivity index (χ0n) is 15.9. The third kappa shape index (κ3) is 3.71. The van der Waals surface area contributed by atoms with E-state index in [9.17, 15) is 4.79 Å². The molecule has 0 radical (unpaired) electrons. The van der Waals surface area contributed by atoms with Crippen molar-refractivity contribution in [2.45, 2.75) is 19.2 Å². The van der Waals surface area contributed by atoms with E-state index in [2.05, 4.69) is 36.7 Å². The number of carbonyl (C=O) groups is 1. The second-order valence-electron chi connectivity index (χ2n) is 6.80. The molecule has 1 N–H and O–H groups in total. The minimum absolute atomic E-state index is 0.138. The molecular weight excluding hydrogens is 368 g/mol. The van der Waals surface area contributed by atoms with Crippen LogP contribution in [0.1, 0.15) is 27.2 Å². The fraction of sp³-hybridized carbons (Fsp3) is 0.174. The Labute approximate surface area is 168 Å². The number of anilines is 1. The van der Waals surface area contributed by atoms with E-state index in [1.807, 2.05) is 47.0 Å². The Morgan fingerprint density at radius 2 is 1.96 bits per heavy atom. The molecular formula is C23H22N2O2S. The van der Waals surface area contributed by atoms with Gasteiger partial charge in [-0.05, 0) is 42.0 Å². The third-order valence-electron chi connectivity index (χ3n) is 4.84. The number of fused-ring (bicyclic) bond motifs is 1. The zero-order chi connectivity index (χ0) is 19.5. The van der Waals surface area contributed by atoms with Crippen LogP contribution in [-0.4, -0.2) is 16.7 Å². The molecule has 5 heteroatoms. The smallest absolute Gasteiger partial charge is 0.272 e. The van der Waals surface area contributed by atoms with Crippen LogP contribution in [0.4, 0.5) is 5.69 Å². The van der Waals surface area contributed by atoms with Crippen molar-refractivity contribution in [2.75, 3.05) is 11.6 Å². The molecule has 0 fully saturated rings. The molecule has 4 nitrogen and oxygen atoms in total. The van der Waals surface area contributed by atoms with Gasteiger partial charge in [-0.2, -0.15) is 11.8 Å². The Morgan fingerprint density at radius 1 is 1.11 bits per heavy atom. The van der Waals surface area contributed by atoms with Crippen molar-refractivity contribution in [1.29, 1.82) is 0 Å². The summed E-state index contributed by atoms with van der Waals surface area (Å²) in [7, 11) is 0. The summed E-state index contributed by atoms with van der Waals surface area (Å²) in [6, 6.07) is 19.9. The second-order valence-corrected chi connectivity index (χ2v) is 7.67. The van der Waals surface area contributed by atoms with Crippen LogP contribution in [0.2, 0.25) is 0 Å². The van der Waals surface area contributed by atoms with Gasteiger partial charge in [0.2, 0.25) is 0 Å². The number of aromatic nitrogens is 1. The number of benzene rings is 2. The first-order chi connectivity index (χ1) is 13.7. The highest BCUT2D eigenvalue weighted by Crippen LogP contribution is 2.24. The van der Waals surface area contributed by atoms with Crippen molar-refractivity contribution in [1.82, 2.24) is 4.57 Å². The Kier molecular flexibility index (Phi) is 5.26. The molecule has 4 aromatic rings. The quantitative estimate of drug-likeness (QED) is 0.459. The van der Waals surface area contributed by atoms with Crippen LogP contribution in [-0.2, 0) is 12.3 Å². The number of furan rings is 1. The summed E-state index contributed by atoms with van der Waals surface area (Å²) in [4.78, 5) is 13.1. The van der Waals surface area contributed by atoms with E-state index < -0.39 is 0 Å². The van der Waals surface area contributed by atoms with Crippen molar-refractivity contribution in [3.05, 3.63) is 89.3 Å². The molecule has 2 heterocycles. The van der Waals surface area contributed by atoms with Crippen LogP contribution >= 0.6 is 11.8 Å². The van der Waals surface area contributed by atoms with Gasteiger partial charge in [0.05, 0.1) is 11.8 Å². The Hall–Kier alpha value is -2.92. The lowest BCUT2D eigenvalue weighted by atomic mass is 10.1. The Bertz CT molecular complexity index is 1130. The molecule has 0 saturated carbocycles. The standard InChI is InChI=1S/C23H22N2O2S/c1-16-6-3-4-8-18(16)14-25-20-10-11-27-22(20)13-21(25)23(26)24-19-9-5-7-17(12-19)15-28-2/h3-13H,14-15H2,1-2H3,(H,24,26). The molecule has 0 bridgehead atoms. The van der Waals surface area contributed by atoms with E-state index in [1.54, 1.807) is 18.0 Å². The summed E-state index contributed by atoms with van der Waals surface area (Å²) in [5, 5.41) is 3.04. The molecule has 1 amide bonds. The van der Waals surface area contributed by atoms with E-state index in [0.717, 1.165) is 22.5 Å². The lowest BCUT2D eigenvalue weighted by Gasteiger charge is -2.13. The first-order valence-electron chi connectivity index (χ1n) is 9.16. The van der Waals surface area contributed by atoms with E-state index >= 15 is 0 Å². The maximum atomic E-state index is 13.1. The average Bonchev–Trinajstić information content (AvgIpc) is 3.27. The van der Waals surface area contributed by atoms with Crippen LogP contribution in [0.5, 0.6) is 0 Å². The maximum Gasteiger partial charge on any atom is 0.272 e. The molecule has 0 aliphatic carbocycles. The van der Waals surface area contributed by atoms with Gasteiger partial charge in [-0.1, -0.05) is 36.4 Å². The summed E-state index contributed by atoms with van der Waals surface area (Å²) in [6.07, 6.45) is 3.73. The molecule has 0 spiro atoms. The van der Waals surface area contributed by atoms with Gasteiger partial charge in [-0.25, -0.2) is 0 Å². The van der Waals surface area contributed by atoms with Crippen LogP contribution in [0.15, 0.2) is 71.3 Å². The number of nitrogens with zero attached hydrogens (tertiary/aromatic N) is 1. The number of nitrogens with one attached hydrogen (secondary N) is 1. The van der Waals surface area contributed by atoms with Gasteiger partial charge < -0.3 is 14.3 Å². The molecule has 0 aliphatic rings. The number of carbonyl (C=O) groups excluding carboxylic acids is 1. The predicted molar refractivity (Wildman–Crippen MR) is 116 cm³/mol. The van der Waals surface area contributed by atoms with Gasteiger partial charge in [0.25, 0.3) is 5.91 Å². The molecule has 0 saturated heterocycles. The zero-order valence-corrected chi connectivity index (χ0v) is 16.8. The SMILES string of the molecule is CSCc1cccc(NC(=O)c2cc3occc3n2Cc2ccccc2C)c1. The third-order valence-corrected chi connectivity index (χ3v) is 5.46. The van der Waals surface area contributed by atoms with Gasteiger partial charge in [0.15, 0.2) is 5.58 Å². The van der Waals surface area contributed by atoms with E-state index in [0.29, 0.717) is 12.2 Å². The highest BCUT2D eigenvalue weighted by Gasteiger charge is 2.18. The fourth-order valence-electron chi connectivity index (χ4n) is 3.39. The Morgan fingerprint density at radius 3 is 2.79 bits per heavy atom. The normalized spacial score (nSPS) is 11.1. The summed E-state index contributed by atoms with van der Waals surface area (Å²) in [6.45, 7) is 2.70. The van der Waals surface area contributed by atoms with Crippen molar-refractivity contribution >= 4 is 34.5 Å². The van der Waals surface area contributed by atoms with E-state index in [-0.39, 0.29) is 5.91 Å². The summed E-state index contributed by atoms with van der Waals surface area (Å²) >= 11 is 1.76. The van der Waals surface area contributed by atoms with Gasteiger partial charge in [0.1, 0.15) is 5.69 Å². The van der Waals surface area contributed by atoms with Gasteiger partial charge in [-0.3, -0.25) is 4.79 Å². The molecule has 2 aromatic carbocycles. The van der Waals surface area contributed by atoms with Crippen molar-refractivity contribution < 1.29 is 9.21 Å². The van der Waals surface area contributed by atoms with Crippen LogP contribution in [0.3, 0.4) is 0 Å². The summed E-state index contributed by atoms with van der Waals surface area (Å²) in [5.41, 5.74) is 6.60. The lowest BCUT2D eigenvalue weighted by molar-refractivity contribution is 0.101. The van der Waals surface area contributed by atoms with Crippen molar-refractivity contribution in [3.8, 4) is 0 Å². The molecule has 0 atom stereocenters. The first-order valence-corrected chi connectivity index (χ1v) is 10.6. The molecule has 0 aliphatic heterocycles. The van der Waals surface area contributed by atoms with E-state index in [1.165, 1.54) is 16.7 Å². The molecule has 142 valence electrons. The summed E-state index contributed by atoms with van der Waals surface area (Å²) < 4.78 is 7.57.